The first-order valence-electron chi connectivity index (χ1n) is 12.2. The Morgan fingerprint density at radius 3 is 2.62 bits per heavy atom. The molecule has 0 unspecified atom stereocenters. The number of ether oxygens (including phenoxy) is 1. The number of carbonyl (C=O) groups is 1. The number of hydrogen-bond donors (Lipinski definition) is 0. The molecular weight excluding hydrogens is 400 g/mol. The van der Waals surface area contributed by atoms with Crippen molar-refractivity contribution in [2.75, 3.05) is 33.3 Å². The molecule has 1 spiro atoms. The van der Waals surface area contributed by atoms with Crippen molar-refractivity contribution in [2.45, 2.75) is 65.0 Å². The Hall–Kier alpha value is -2.34. The van der Waals surface area contributed by atoms with E-state index in [2.05, 4.69) is 46.7 Å². The van der Waals surface area contributed by atoms with Gasteiger partial charge in [0, 0.05) is 25.8 Å². The monoisotopic (exact) mass is 438 g/mol. The summed E-state index contributed by atoms with van der Waals surface area (Å²) in [5.41, 5.74) is 2.31. The highest BCUT2D eigenvalue weighted by molar-refractivity contribution is 5.82. The van der Waals surface area contributed by atoms with Crippen molar-refractivity contribution in [1.82, 2.24) is 19.6 Å². The SMILES string of the molecule is CC(C)n1nccc1CN1CCC2(CCCCc3ccccc3OCCN(C)C2=O)CC1. The van der Waals surface area contributed by atoms with Crippen LogP contribution < -0.4 is 4.74 Å². The first-order chi connectivity index (χ1) is 15.5. The molecule has 2 aliphatic heterocycles. The molecule has 32 heavy (non-hydrogen) atoms. The zero-order valence-electron chi connectivity index (χ0n) is 19.9. The van der Waals surface area contributed by atoms with Crippen LogP contribution in [0.1, 0.15) is 63.3 Å². The van der Waals surface area contributed by atoms with Crippen LogP contribution in [0.15, 0.2) is 36.5 Å². The van der Waals surface area contributed by atoms with E-state index >= 15 is 0 Å². The molecule has 2 aromatic rings. The summed E-state index contributed by atoms with van der Waals surface area (Å²) in [5, 5.41) is 4.48. The van der Waals surface area contributed by atoms with Gasteiger partial charge in [-0.1, -0.05) is 24.6 Å². The normalized spacial score (nSPS) is 20.5. The molecule has 2 aliphatic rings. The van der Waals surface area contributed by atoms with Crippen molar-refractivity contribution in [3.05, 3.63) is 47.8 Å². The van der Waals surface area contributed by atoms with E-state index < -0.39 is 0 Å². The lowest BCUT2D eigenvalue weighted by molar-refractivity contribution is -0.145. The molecule has 174 valence electrons. The van der Waals surface area contributed by atoms with Gasteiger partial charge in [0.1, 0.15) is 12.4 Å². The maximum Gasteiger partial charge on any atom is 0.228 e. The Bertz CT molecular complexity index is 899. The molecule has 1 saturated heterocycles. The van der Waals surface area contributed by atoms with E-state index in [1.165, 1.54) is 11.3 Å². The van der Waals surface area contributed by atoms with Crippen molar-refractivity contribution in [1.29, 1.82) is 0 Å². The number of likely N-dealkylation sites (tertiary alicyclic amines) is 1. The minimum atomic E-state index is -0.234. The molecule has 0 aliphatic carbocycles. The summed E-state index contributed by atoms with van der Waals surface area (Å²) in [4.78, 5) is 18.0. The number of amides is 1. The standard InChI is InChI=1S/C26H38N4O2/c1-21(2)30-23(11-15-27-30)20-29-16-13-26(14-17-29)12-7-6-9-22-8-4-5-10-24(22)32-19-18-28(3)25(26)31/h4-5,8,10-11,15,21H,6-7,9,12-14,16-20H2,1-3H3. The van der Waals surface area contributed by atoms with Gasteiger partial charge < -0.3 is 9.64 Å². The fraction of sp³-hybridized carbons (Fsp3) is 0.615. The number of nitrogens with zero attached hydrogens (tertiary/aromatic N) is 4. The number of aromatic nitrogens is 2. The Balaban J connectivity index is 1.42. The predicted molar refractivity (Wildman–Crippen MR) is 127 cm³/mol. The summed E-state index contributed by atoms with van der Waals surface area (Å²) in [5.74, 6) is 1.28. The largest absolute Gasteiger partial charge is 0.491 e. The molecule has 0 saturated carbocycles. The molecule has 0 atom stereocenters. The van der Waals surface area contributed by atoms with Gasteiger partial charge in [0.25, 0.3) is 0 Å². The lowest BCUT2D eigenvalue weighted by atomic mass is 9.73. The molecule has 0 bridgehead atoms. The van der Waals surface area contributed by atoms with Crippen LogP contribution in [0.2, 0.25) is 0 Å². The third-order valence-corrected chi connectivity index (χ3v) is 7.25. The second kappa shape index (κ2) is 10.1. The topological polar surface area (TPSA) is 50.6 Å². The van der Waals surface area contributed by atoms with Crippen molar-refractivity contribution in [2.24, 2.45) is 5.41 Å². The van der Waals surface area contributed by atoms with Crippen molar-refractivity contribution in [3.63, 3.8) is 0 Å². The van der Waals surface area contributed by atoms with Crippen LogP contribution in [0.25, 0.3) is 0 Å². The van der Waals surface area contributed by atoms with Gasteiger partial charge in [0.05, 0.1) is 17.7 Å². The lowest BCUT2D eigenvalue weighted by Crippen LogP contribution is -2.50. The quantitative estimate of drug-likeness (QED) is 0.717. The van der Waals surface area contributed by atoms with Gasteiger partial charge in [-0.25, -0.2) is 0 Å². The lowest BCUT2D eigenvalue weighted by Gasteiger charge is -2.43. The van der Waals surface area contributed by atoms with E-state index in [0.29, 0.717) is 25.1 Å². The number of para-hydroxylation sites is 1. The number of hydrogen-bond acceptors (Lipinski definition) is 4. The zero-order valence-corrected chi connectivity index (χ0v) is 19.9. The molecule has 1 aromatic carbocycles. The van der Waals surface area contributed by atoms with Crippen molar-refractivity contribution >= 4 is 5.91 Å². The van der Waals surface area contributed by atoms with Gasteiger partial charge in [0.15, 0.2) is 0 Å². The molecule has 0 N–H and O–H groups in total. The highest BCUT2D eigenvalue weighted by atomic mass is 16.5. The second-order valence-electron chi connectivity index (χ2n) is 9.81. The summed E-state index contributed by atoms with van der Waals surface area (Å²) in [6, 6.07) is 10.8. The third-order valence-electron chi connectivity index (χ3n) is 7.25. The zero-order chi connectivity index (χ0) is 22.6. The van der Waals surface area contributed by atoms with Crippen LogP contribution in [-0.2, 0) is 17.8 Å². The van der Waals surface area contributed by atoms with E-state index in [4.69, 9.17) is 4.74 Å². The summed E-state index contributed by atoms with van der Waals surface area (Å²) in [6.07, 6.45) is 7.93. The highest BCUT2D eigenvalue weighted by Gasteiger charge is 2.42. The molecule has 1 aromatic heterocycles. The summed E-state index contributed by atoms with van der Waals surface area (Å²) >= 11 is 0. The first kappa shape index (κ1) is 22.8. The fourth-order valence-corrected chi connectivity index (χ4v) is 5.30. The van der Waals surface area contributed by atoms with Gasteiger partial charge in [0.2, 0.25) is 5.91 Å². The Kier molecular flexibility index (Phi) is 7.19. The van der Waals surface area contributed by atoms with Crippen LogP contribution in [0.3, 0.4) is 0 Å². The molecular formula is C26H38N4O2. The van der Waals surface area contributed by atoms with Gasteiger partial charge in [-0.3, -0.25) is 14.4 Å². The van der Waals surface area contributed by atoms with Gasteiger partial charge >= 0.3 is 0 Å². The van der Waals surface area contributed by atoms with E-state index in [0.717, 1.165) is 63.9 Å². The molecule has 6 nitrogen and oxygen atoms in total. The minimum Gasteiger partial charge on any atom is -0.491 e. The summed E-state index contributed by atoms with van der Waals surface area (Å²) in [7, 11) is 1.94. The first-order valence-corrected chi connectivity index (χ1v) is 12.2. The number of carbonyl (C=O) groups excluding carboxylic acids is 1. The van der Waals surface area contributed by atoms with Gasteiger partial charge in [-0.2, -0.15) is 5.10 Å². The minimum absolute atomic E-state index is 0.234. The number of fused-ring (bicyclic) bond motifs is 1. The number of piperidine rings is 1. The Morgan fingerprint density at radius 2 is 1.84 bits per heavy atom. The number of rotatable bonds is 3. The highest BCUT2D eigenvalue weighted by Crippen LogP contribution is 2.39. The number of aryl methyl sites for hydroxylation is 1. The van der Waals surface area contributed by atoms with Crippen LogP contribution in [0, 0.1) is 5.41 Å². The predicted octanol–water partition coefficient (Wildman–Crippen LogP) is 4.31. The third kappa shape index (κ3) is 5.01. The van der Waals surface area contributed by atoms with Gasteiger partial charge in [-0.15, -0.1) is 0 Å². The average Bonchev–Trinajstić information content (AvgIpc) is 3.26. The number of benzene rings is 1. The smallest absolute Gasteiger partial charge is 0.228 e. The van der Waals surface area contributed by atoms with Crippen LogP contribution in [0.4, 0.5) is 0 Å². The van der Waals surface area contributed by atoms with E-state index in [1.54, 1.807) is 0 Å². The Labute approximate surface area is 192 Å². The average molecular weight is 439 g/mol. The summed E-state index contributed by atoms with van der Waals surface area (Å²) < 4.78 is 8.16. The molecule has 3 heterocycles. The maximum atomic E-state index is 13.6. The van der Waals surface area contributed by atoms with E-state index in [1.807, 2.05) is 30.3 Å². The fourth-order valence-electron chi connectivity index (χ4n) is 5.30. The second-order valence-corrected chi connectivity index (χ2v) is 9.81. The molecule has 0 radical (unpaired) electrons. The maximum absolute atomic E-state index is 13.6. The van der Waals surface area contributed by atoms with Gasteiger partial charge in [-0.05, 0) is 76.7 Å². The van der Waals surface area contributed by atoms with Crippen LogP contribution in [-0.4, -0.2) is 58.8 Å². The van der Waals surface area contributed by atoms with Crippen molar-refractivity contribution in [3.8, 4) is 5.75 Å². The van der Waals surface area contributed by atoms with E-state index in [-0.39, 0.29) is 5.41 Å². The van der Waals surface area contributed by atoms with E-state index in [9.17, 15) is 4.79 Å². The summed E-state index contributed by atoms with van der Waals surface area (Å²) in [6.45, 7) is 8.34. The molecule has 6 heteroatoms. The van der Waals surface area contributed by atoms with Crippen LogP contribution in [0.5, 0.6) is 5.75 Å². The van der Waals surface area contributed by atoms with Crippen LogP contribution >= 0.6 is 0 Å². The molecule has 4 rings (SSSR count). The number of likely N-dealkylation sites (N-methyl/N-ethyl adjacent to an activating group) is 1. The van der Waals surface area contributed by atoms with Crippen molar-refractivity contribution < 1.29 is 9.53 Å². The molecule has 1 fully saturated rings. The molecule has 1 amide bonds. The Morgan fingerprint density at radius 1 is 1.06 bits per heavy atom.